The summed E-state index contributed by atoms with van der Waals surface area (Å²) in [6.07, 6.45) is -9.44. The minimum Gasteiger partial charge on any atom is -0.475 e. The Bertz CT molecular complexity index is 1530. The van der Waals surface area contributed by atoms with Crippen molar-refractivity contribution >= 4 is 40.5 Å². The predicted octanol–water partition coefficient (Wildman–Crippen LogP) is 5.60. The van der Waals surface area contributed by atoms with Gasteiger partial charge in [0.2, 0.25) is 11.8 Å². The van der Waals surface area contributed by atoms with E-state index in [1.54, 1.807) is 0 Å². The molecule has 1 aliphatic rings. The molecule has 1 aromatic carbocycles. The van der Waals surface area contributed by atoms with Crippen LogP contribution in [-0.2, 0) is 26.7 Å². The Morgan fingerprint density at radius 2 is 1.76 bits per heavy atom. The second-order valence-electron chi connectivity index (χ2n) is 11.5. The molecule has 1 aliphatic heterocycles. The maximum absolute atomic E-state index is 15.2. The highest BCUT2D eigenvalue weighted by Crippen LogP contribution is 2.43. The molecule has 2 heterocycles. The summed E-state index contributed by atoms with van der Waals surface area (Å²) in [5.41, 5.74) is -7.66. The maximum Gasteiger partial charge on any atom is 0.421 e. The molecule has 9 nitrogen and oxygen atoms in total. The van der Waals surface area contributed by atoms with E-state index >= 15 is 4.39 Å². The van der Waals surface area contributed by atoms with Crippen LogP contribution in [0.1, 0.15) is 51.3 Å². The number of anilines is 2. The quantitative estimate of drug-likeness (QED) is 0.210. The molecule has 17 heteroatoms. The molecule has 2 aromatic rings. The summed E-state index contributed by atoms with van der Waals surface area (Å²) in [6.45, 7) is 7.53. The number of pyridine rings is 1. The Morgan fingerprint density at radius 1 is 1.11 bits per heavy atom. The average molecular weight is 664 g/mol. The van der Waals surface area contributed by atoms with Crippen molar-refractivity contribution in [1.82, 2.24) is 10.3 Å². The van der Waals surface area contributed by atoms with Gasteiger partial charge in [-0.2, -0.15) is 31.6 Å². The van der Waals surface area contributed by atoms with Crippen molar-refractivity contribution in [3.05, 3.63) is 46.9 Å². The molecule has 1 N–H and O–H groups in total. The van der Waals surface area contributed by atoms with Gasteiger partial charge in [0, 0.05) is 6.54 Å². The van der Waals surface area contributed by atoms with Gasteiger partial charge in [0.1, 0.15) is 29.9 Å². The van der Waals surface area contributed by atoms with Gasteiger partial charge in [-0.05, 0) is 49.7 Å². The molecule has 0 atom stereocenters. The highest BCUT2D eigenvalue weighted by molar-refractivity contribution is 7.81. The van der Waals surface area contributed by atoms with Crippen molar-refractivity contribution in [2.24, 2.45) is 5.41 Å². The molecule has 3 rings (SSSR count). The molecule has 1 aromatic heterocycles. The summed E-state index contributed by atoms with van der Waals surface area (Å²) in [4.78, 5) is 30.2. The van der Waals surface area contributed by atoms with E-state index in [9.17, 15) is 35.9 Å². The third kappa shape index (κ3) is 7.79. The molecule has 0 aliphatic carbocycles. The molecular weight excluding hydrogens is 635 g/mol. The minimum atomic E-state index is -5.31. The standard InChI is InChI=1S/C28H28F7N5O4S/c1-25(2,3)14-38-19(41)13-43-8-9-44-22-17(27(30,31)32)10-16(12-37-22)40-24(45)39(23(42)26(40,4)5)18-7-6-15(11-36)20(21(18)29)28(33,34)35/h6-7,10,12H,8-9,13-14H2,1-5H3,(H,38,41). The normalized spacial score (nSPS) is 15.4. The topological polar surface area (TPSA) is 108 Å². The fourth-order valence-corrected chi connectivity index (χ4v) is 4.72. The smallest absolute Gasteiger partial charge is 0.421 e. The van der Waals surface area contributed by atoms with Crippen molar-refractivity contribution in [1.29, 1.82) is 5.26 Å². The molecule has 0 spiro atoms. The molecule has 0 unspecified atom stereocenters. The zero-order valence-electron chi connectivity index (χ0n) is 24.6. The number of aromatic nitrogens is 1. The van der Waals surface area contributed by atoms with E-state index in [4.69, 9.17) is 27.0 Å². The first-order chi connectivity index (χ1) is 20.6. The highest BCUT2D eigenvalue weighted by Gasteiger charge is 2.52. The van der Waals surface area contributed by atoms with Gasteiger partial charge in [0.15, 0.2) is 10.9 Å². The summed E-state index contributed by atoms with van der Waals surface area (Å²) in [5, 5.41) is 11.0. The van der Waals surface area contributed by atoms with Gasteiger partial charge in [-0.25, -0.2) is 9.37 Å². The number of amides is 2. The maximum atomic E-state index is 15.2. The number of alkyl halides is 6. The molecule has 0 saturated carbocycles. The lowest BCUT2D eigenvalue weighted by Crippen LogP contribution is -2.44. The molecule has 45 heavy (non-hydrogen) atoms. The van der Waals surface area contributed by atoms with E-state index in [1.807, 2.05) is 20.8 Å². The number of thiocarbonyl (C=S) groups is 1. The molecule has 2 amide bonds. The predicted molar refractivity (Wildman–Crippen MR) is 151 cm³/mol. The number of nitrogens with one attached hydrogen (secondary N) is 1. The fourth-order valence-electron chi connectivity index (χ4n) is 4.21. The van der Waals surface area contributed by atoms with Gasteiger partial charge in [-0.3, -0.25) is 14.5 Å². The first-order valence-corrected chi connectivity index (χ1v) is 13.5. The second kappa shape index (κ2) is 12.8. The second-order valence-corrected chi connectivity index (χ2v) is 11.9. The number of ether oxygens (including phenoxy) is 2. The molecule has 1 saturated heterocycles. The molecule has 1 fully saturated rings. The lowest BCUT2D eigenvalue weighted by atomic mass is 9.97. The van der Waals surface area contributed by atoms with Crippen molar-refractivity contribution < 1.29 is 49.8 Å². The van der Waals surface area contributed by atoms with Crippen LogP contribution in [-0.4, -0.2) is 53.8 Å². The number of nitriles is 1. The largest absolute Gasteiger partial charge is 0.475 e. The Kier molecular flexibility index (Phi) is 10.0. The zero-order chi connectivity index (χ0) is 34.1. The van der Waals surface area contributed by atoms with Crippen molar-refractivity contribution in [2.75, 3.05) is 36.2 Å². The SMILES string of the molecule is CC(C)(C)CNC(=O)COCCOc1ncc(N2C(=S)N(c3ccc(C#N)c(C(F)(F)F)c3F)C(=O)C2(C)C)cc1C(F)(F)F. The number of carbonyl (C=O) groups is 2. The molecule has 244 valence electrons. The molecule has 0 radical (unpaired) electrons. The van der Waals surface area contributed by atoms with Crippen LogP contribution in [0, 0.1) is 22.6 Å². The summed E-state index contributed by atoms with van der Waals surface area (Å²) in [6, 6.07) is 3.22. The van der Waals surface area contributed by atoms with Crippen LogP contribution in [0.2, 0.25) is 0 Å². The Labute approximate surface area is 258 Å². The highest BCUT2D eigenvalue weighted by atomic mass is 32.1. The number of hydrogen-bond acceptors (Lipinski definition) is 7. The van der Waals surface area contributed by atoms with Gasteiger partial charge < -0.3 is 19.7 Å². The summed E-state index contributed by atoms with van der Waals surface area (Å²) >= 11 is 5.27. The number of hydrogen-bond donors (Lipinski definition) is 1. The third-order valence-corrected chi connectivity index (χ3v) is 6.72. The lowest BCUT2D eigenvalue weighted by molar-refractivity contribution is -0.140. The zero-order valence-corrected chi connectivity index (χ0v) is 25.4. The van der Waals surface area contributed by atoms with E-state index in [0.717, 1.165) is 17.2 Å². The lowest BCUT2D eigenvalue weighted by Gasteiger charge is -2.30. The van der Waals surface area contributed by atoms with E-state index < -0.39 is 81.2 Å². The fraction of sp³-hybridized carbons (Fsp3) is 0.464. The van der Waals surface area contributed by atoms with Gasteiger partial charge >= 0.3 is 12.4 Å². The average Bonchev–Trinajstić information content (AvgIpc) is 3.08. The van der Waals surface area contributed by atoms with Gasteiger partial charge in [-0.1, -0.05) is 20.8 Å². The number of halogens is 7. The number of rotatable bonds is 9. The monoisotopic (exact) mass is 663 g/mol. The van der Waals surface area contributed by atoms with Gasteiger partial charge in [-0.15, -0.1) is 0 Å². The van der Waals surface area contributed by atoms with Crippen LogP contribution >= 0.6 is 12.2 Å². The summed E-state index contributed by atoms with van der Waals surface area (Å²) in [5.74, 6) is -4.29. The Balaban J connectivity index is 1.87. The third-order valence-electron chi connectivity index (χ3n) is 6.35. The van der Waals surface area contributed by atoms with Crippen LogP contribution in [0.15, 0.2) is 24.4 Å². The van der Waals surface area contributed by atoms with Crippen LogP contribution < -0.4 is 19.9 Å². The molecule has 0 bridgehead atoms. The van der Waals surface area contributed by atoms with E-state index in [1.165, 1.54) is 19.9 Å². The first-order valence-electron chi connectivity index (χ1n) is 13.1. The number of benzene rings is 1. The van der Waals surface area contributed by atoms with Crippen molar-refractivity contribution in [3.63, 3.8) is 0 Å². The van der Waals surface area contributed by atoms with Crippen molar-refractivity contribution in [3.8, 4) is 11.9 Å². The van der Waals surface area contributed by atoms with E-state index in [-0.39, 0.29) is 18.6 Å². The summed E-state index contributed by atoms with van der Waals surface area (Å²) < 4.78 is 108. The number of nitrogens with zero attached hydrogens (tertiary/aromatic N) is 4. The summed E-state index contributed by atoms with van der Waals surface area (Å²) in [7, 11) is 0. The Hall–Kier alpha value is -4.04. The first kappa shape index (κ1) is 35.4. The van der Waals surface area contributed by atoms with Crippen LogP contribution in [0.4, 0.5) is 42.1 Å². The minimum absolute atomic E-state index is 0.166. The van der Waals surface area contributed by atoms with E-state index in [0.29, 0.717) is 23.6 Å². The van der Waals surface area contributed by atoms with Gasteiger partial charge in [0.05, 0.1) is 35.8 Å². The van der Waals surface area contributed by atoms with Crippen LogP contribution in [0.3, 0.4) is 0 Å². The van der Waals surface area contributed by atoms with Crippen molar-refractivity contribution in [2.45, 2.75) is 52.5 Å². The van der Waals surface area contributed by atoms with Crippen LogP contribution in [0.25, 0.3) is 0 Å². The Morgan fingerprint density at radius 3 is 2.31 bits per heavy atom. The van der Waals surface area contributed by atoms with E-state index in [2.05, 4.69) is 10.3 Å². The van der Waals surface area contributed by atoms with Gasteiger partial charge in [0.25, 0.3) is 5.91 Å². The number of carbonyl (C=O) groups excluding carboxylic acids is 2. The molecular formula is C28H28F7N5O4S. The van der Waals surface area contributed by atoms with Crippen LogP contribution in [0.5, 0.6) is 5.88 Å².